The Kier molecular flexibility index (Phi) is 3.05. The molecule has 20 heavy (non-hydrogen) atoms. The average Bonchev–Trinajstić information content (AvgIpc) is 2.88. The number of hydrogen-bond acceptors (Lipinski definition) is 4. The highest BCUT2D eigenvalue weighted by molar-refractivity contribution is 9.10. The zero-order chi connectivity index (χ0) is 14.1. The monoisotopic (exact) mass is 327 g/mol. The second-order valence-electron chi connectivity index (χ2n) is 4.32. The smallest absolute Gasteiger partial charge is 0.101 e. The van der Waals surface area contributed by atoms with Gasteiger partial charge >= 0.3 is 0 Å². The van der Waals surface area contributed by atoms with Gasteiger partial charge in [-0.25, -0.2) is 0 Å². The molecule has 3 aromatic rings. The summed E-state index contributed by atoms with van der Waals surface area (Å²) in [7, 11) is 0. The lowest BCUT2D eigenvalue weighted by molar-refractivity contribution is 1.12. The van der Waals surface area contributed by atoms with Gasteiger partial charge in [-0.05, 0) is 30.3 Å². The molecule has 0 spiro atoms. The van der Waals surface area contributed by atoms with Crippen LogP contribution < -0.4 is 11.1 Å². The van der Waals surface area contributed by atoms with E-state index in [2.05, 4.69) is 37.5 Å². The molecule has 0 fully saturated rings. The van der Waals surface area contributed by atoms with E-state index in [1.807, 2.05) is 24.3 Å². The van der Waals surface area contributed by atoms with E-state index in [9.17, 15) is 5.26 Å². The summed E-state index contributed by atoms with van der Waals surface area (Å²) in [5.41, 5.74) is 9.50. The van der Waals surface area contributed by atoms with Gasteiger partial charge in [-0.3, -0.25) is 5.10 Å². The predicted molar refractivity (Wildman–Crippen MR) is 82.6 cm³/mol. The molecule has 6 heteroatoms. The SMILES string of the molecule is N#Cc1cc(Br)ccc1Nc1cc2[nH]ncc2cc1N. The van der Waals surface area contributed by atoms with Crippen LogP contribution in [0.4, 0.5) is 17.1 Å². The van der Waals surface area contributed by atoms with E-state index in [-0.39, 0.29) is 0 Å². The molecule has 4 N–H and O–H groups in total. The van der Waals surface area contributed by atoms with Gasteiger partial charge in [0.2, 0.25) is 0 Å². The first kappa shape index (κ1) is 12.5. The largest absolute Gasteiger partial charge is 0.397 e. The Morgan fingerprint density at radius 2 is 2.10 bits per heavy atom. The first-order chi connectivity index (χ1) is 9.67. The third kappa shape index (κ3) is 2.19. The van der Waals surface area contributed by atoms with E-state index in [0.717, 1.165) is 21.1 Å². The Bertz CT molecular complexity index is 831. The molecular formula is C14H10BrN5. The number of aromatic amines is 1. The van der Waals surface area contributed by atoms with Crippen LogP contribution in [0.5, 0.6) is 0 Å². The molecule has 0 radical (unpaired) electrons. The second-order valence-corrected chi connectivity index (χ2v) is 5.24. The van der Waals surface area contributed by atoms with Gasteiger partial charge in [-0.1, -0.05) is 15.9 Å². The highest BCUT2D eigenvalue weighted by Gasteiger charge is 2.07. The van der Waals surface area contributed by atoms with E-state index in [1.54, 1.807) is 12.3 Å². The summed E-state index contributed by atoms with van der Waals surface area (Å²) in [6.07, 6.45) is 1.72. The first-order valence-electron chi connectivity index (χ1n) is 5.86. The molecule has 0 aliphatic rings. The minimum atomic E-state index is 0.545. The molecule has 0 saturated carbocycles. The van der Waals surface area contributed by atoms with Crippen LogP contribution in [-0.2, 0) is 0 Å². The van der Waals surface area contributed by atoms with Gasteiger partial charge in [0.1, 0.15) is 6.07 Å². The molecule has 2 aromatic carbocycles. The van der Waals surface area contributed by atoms with Crippen LogP contribution in [-0.4, -0.2) is 10.2 Å². The number of nitrogens with two attached hydrogens (primary N) is 1. The number of aromatic nitrogens is 2. The number of halogens is 1. The van der Waals surface area contributed by atoms with Gasteiger partial charge in [0.05, 0.1) is 34.3 Å². The van der Waals surface area contributed by atoms with Gasteiger partial charge in [-0.2, -0.15) is 10.4 Å². The van der Waals surface area contributed by atoms with E-state index >= 15 is 0 Å². The van der Waals surface area contributed by atoms with Crippen molar-refractivity contribution in [3.8, 4) is 6.07 Å². The zero-order valence-electron chi connectivity index (χ0n) is 10.3. The molecule has 0 unspecified atom stereocenters. The lowest BCUT2D eigenvalue weighted by Gasteiger charge is -2.11. The molecule has 0 aliphatic heterocycles. The highest BCUT2D eigenvalue weighted by Crippen LogP contribution is 2.30. The number of nitrogens with one attached hydrogen (secondary N) is 2. The van der Waals surface area contributed by atoms with E-state index in [4.69, 9.17) is 5.73 Å². The number of anilines is 3. The standard InChI is InChI=1S/C14H10BrN5/c15-10-1-2-12(8(3-10)6-16)19-14-5-13-9(4-11(14)17)7-18-20-13/h1-5,7,19H,17H2,(H,18,20). The number of nitrogens with zero attached hydrogens (tertiary/aromatic N) is 2. The van der Waals surface area contributed by atoms with Crippen molar-refractivity contribution < 1.29 is 0 Å². The Hall–Kier alpha value is -2.52. The first-order valence-corrected chi connectivity index (χ1v) is 6.66. The molecule has 1 aromatic heterocycles. The Morgan fingerprint density at radius 1 is 1.25 bits per heavy atom. The maximum Gasteiger partial charge on any atom is 0.101 e. The molecule has 0 atom stereocenters. The molecule has 0 amide bonds. The molecule has 1 heterocycles. The fourth-order valence-corrected chi connectivity index (χ4v) is 2.34. The van der Waals surface area contributed by atoms with Crippen molar-refractivity contribution in [2.24, 2.45) is 0 Å². The van der Waals surface area contributed by atoms with Crippen LogP contribution in [0.1, 0.15) is 5.56 Å². The lowest BCUT2D eigenvalue weighted by atomic mass is 10.1. The van der Waals surface area contributed by atoms with Crippen LogP contribution in [0, 0.1) is 11.3 Å². The highest BCUT2D eigenvalue weighted by atomic mass is 79.9. The summed E-state index contributed by atoms with van der Waals surface area (Å²) < 4.78 is 0.858. The molecular weight excluding hydrogens is 318 g/mol. The van der Waals surface area contributed by atoms with E-state index in [0.29, 0.717) is 16.9 Å². The normalized spacial score (nSPS) is 10.4. The van der Waals surface area contributed by atoms with Crippen molar-refractivity contribution in [3.05, 3.63) is 46.6 Å². The van der Waals surface area contributed by atoms with Crippen molar-refractivity contribution in [1.82, 2.24) is 10.2 Å². The average molecular weight is 328 g/mol. The summed E-state index contributed by atoms with van der Waals surface area (Å²) >= 11 is 3.35. The minimum Gasteiger partial charge on any atom is -0.397 e. The number of nitriles is 1. The van der Waals surface area contributed by atoms with Crippen LogP contribution in [0.15, 0.2) is 41.0 Å². The fraction of sp³-hybridized carbons (Fsp3) is 0. The van der Waals surface area contributed by atoms with Crippen LogP contribution in [0.3, 0.4) is 0 Å². The lowest BCUT2D eigenvalue weighted by Crippen LogP contribution is -1.98. The molecule has 0 bridgehead atoms. The number of rotatable bonds is 2. The van der Waals surface area contributed by atoms with Crippen LogP contribution in [0.2, 0.25) is 0 Å². The maximum absolute atomic E-state index is 9.17. The fourth-order valence-electron chi connectivity index (χ4n) is 1.98. The number of H-pyrrole nitrogens is 1. The maximum atomic E-state index is 9.17. The Balaban J connectivity index is 2.05. The van der Waals surface area contributed by atoms with Gasteiger partial charge in [0.25, 0.3) is 0 Å². The molecule has 3 rings (SSSR count). The number of benzene rings is 2. The summed E-state index contributed by atoms with van der Waals surface area (Å²) in [5.74, 6) is 0. The van der Waals surface area contributed by atoms with Crippen molar-refractivity contribution in [3.63, 3.8) is 0 Å². The van der Waals surface area contributed by atoms with E-state index < -0.39 is 0 Å². The minimum absolute atomic E-state index is 0.545. The Labute approximate surface area is 123 Å². The summed E-state index contributed by atoms with van der Waals surface area (Å²) in [5, 5.41) is 20.2. The topological polar surface area (TPSA) is 90.5 Å². The van der Waals surface area contributed by atoms with Crippen molar-refractivity contribution in [2.75, 3.05) is 11.1 Å². The third-order valence-corrected chi connectivity index (χ3v) is 3.47. The summed E-state index contributed by atoms with van der Waals surface area (Å²) in [6.45, 7) is 0. The predicted octanol–water partition coefficient (Wildman–Crippen LogP) is 3.52. The summed E-state index contributed by atoms with van der Waals surface area (Å²) in [4.78, 5) is 0. The van der Waals surface area contributed by atoms with Crippen molar-refractivity contribution in [1.29, 1.82) is 5.26 Å². The molecule has 98 valence electrons. The molecule has 0 saturated heterocycles. The number of nitrogen functional groups attached to an aromatic ring is 1. The molecule has 5 nitrogen and oxygen atoms in total. The van der Waals surface area contributed by atoms with Crippen molar-refractivity contribution in [2.45, 2.75) is 0 Å². The number of fused-ring (bicyclic) bond motifs is 1. The Morgan fingerprint density at radius 3 is 2.90 bits per heavy atom. The van der Waals surface area contributed by atoms with Crippen molar-refractivity contribution >= 4 is 43.9 Å². The second kappa shape index (κ2) is 4.87. The van der Waals surface area contributed by atoms with E-state index in [1.165, 1.54) is 0 Å². The quantitative estimate of drug-likeness (QED) is 0.628. The van der Waals surface area contributed by atoms with Crippen LogP contribution in [0.25, 0.3) is 10.9 Å². The third-order valence-electron chi connectivity index (χ3n) is 2.98. The van der Waals surface area contributed by atoms with Crippen LogP contribution >= 0.6 is 15.9 Å². The van der Waals surface area contributed by atoms with Gasteiger partial charge < -0.3 is 11.1 Å². The number of hydrogen-bond donors (Lipinski definition) is 3. The zero-order valence-corrected chi connectivity index (χ0v) is 11.9. The van der Waals surface area contributed by atoms with Gasteiger partial charge in [0.15, 0.2) is 0 Å². The van der Waals surface area contributed by atoms with Gasteiger partial charge in [-0.15, -0.1) is 0 Å². The van der Waals surface area contributed by atoms with Gasteiger partial charge in [0, 0.05) is 9.86 Å². The molecule has 0 aliphatic carbocycles. The summed E-state index contributed by atoms with van der Waals surface area (Å²) in [6, 6.07) is 11.3.